The molecule has 3 aromatic rings. The van der Waals surface area contributed by atoms with Crippen molar-refractivity contribution >= 4 is 0 Å². The van der Waals surface area contributed by atoms with E-state index >= 15 is 0 Å². The SMILES string of the molecule is O=c1ccn([C@H]2O[C@H](COCc3ccccc3)c3ccccc32)c(=O)[nH]1. The van der Waals surface area contributed by atoms with Gasteiger partial charge in [0.15, 0.2) is 6.23 Å². The van der Waals surface area contributed by atoms with E-state index in [9.17, 15) is 9.59 Å². The van der Waals surface area contributed by atoms with Gasteiger partial charge in [-0.25, -0.2) is 4.79 Å². The van der Waals surface area contributed by atoms with Crippen molar-refractivity contribution in [1.82, 2.24) is 9.55 Å². The number of nitrogens with zero attached hydrogens (tertiary/aromatic N) is 1. The highest BCUT2D eigenvalue weighted by atomic mass is 16.5. The summed E-state index contributed by atoms with van der Waals surface area (Å²) in [5.41, 5.74) is 2.05. The molecule has 0 radical (unpaired) electrons. The summed E-state index contributed by atoms with van der Waals surface area (Å²) in [5.74, 6) is 0. The van der Waals surface area contributed by atoms with Gasteiger partial charge < -0.3 is 9.47 Å². The van der Waals surface area contributed by atoms with Crippen LogP contribution < -0.4 is 11.2 Å². The second kappa shape index (κ2) is 7.11. The second-order valence-corrected chi connectivity index (χ2v) is 6.12. The van der Waals surface area contributed by atoms with Gasteiger partial charge in [-0.05, 0) is 11.1 Å². The first-order valence-corrected chi connectivity index (χ1v) is 8.40. The summed E-state index contributed by atoms with van der Waals surface area (Å²) in [4.78, 5) is 25.7. The predicted molar refractivity (Wildman–Crippen MR) is 95.8 cm³/mol. The van der Waals surface area contributed by atoms with Crippen molar-refractivity contribution in [2.24, 2.45) is 0 Å². The van der Waals surface area contributed by atoms with Gasteiger partial charge in [-0.15, -0.1) is 0 Å². The van der Waals surface area contributed by atoms with Gasteiger partial charge in [-0.2, -0.15) is 0 Å². The second-order valence-electron chi connectivity index (χ2n) is 6.12. The third kappa shape index (κ3) is 3.24. The van der Waals surface area contributed by atoms with Crippen LogP contribution in [0, 0.1) is 0 Å². The lowest BCUT2D eigenvalue weighted by Gasteiger charge is -2.16. The molecule has 0 unspecified atom stereocenters. The van der Waals surface area contributed by atoms with Crippen molar-refractivity contribution < 1.29 is 9.47 Å². The molecule has 1 aliphatic rings. The first kappa shape index (κ1) is 16.5. The number of hydrogen-bond acceptors (Lipinski definition) is 4. The molecule has 0 spiro atoms. The molecule has 0 amide bonds. The molecule has 0 saturated carbocycles. The van der Waals surface area contributed by atoms with Crippen LogP contribution in [0.4, 0.5) is 0 Å². The first-order chi connectivity index (χ1) is 12.7. The van der Waals surface area contributed by atoms with Crippen molar-refractivity contribution in [1.29, 1.82) is 0 Å². The number of hydrogen-bond donors (Lipinski definition) is 1. The van der Waals surface area contributed by atoms with Crippen LogP contribution in [0.1, 0.15) is 29.0 Å². The molecule has 0 fully saturated rings. The van der Waals surface area contributed by atoms with Gasteiger partial charge in [0.2, 0.25) is 0 Å². The summed E-state index contributed by atoms with van der Waals surface area (Å²) in [7, 11) is 0. The lowest BCUT2D eigenvalue weighted by Crippen LogP contribution is -2.32. The Hall–Kier alpha value is -2.96. The quantitative estimate of drug-likeness (QED) is 0.767. The molecule has 1 aromatic heterocycles. The summed E-state index contributed by atoms with van der Waals surface area (Å²) < 4.78 is 13.3. The van der Waals surface area contributed by atoms with Crippen LogP contribution in [0.25, 0.3) is 0 Å². The number of fused-ring (bicyclic) bond motifs is 1. The van der Waals surface area contributed by atoms with Gasteiger partial charge in [-0.1, -0.05) is 54.6 Å². The Morgan fingerprint density at radius 2 is 1.69 bits per heavy atom. The highest BCUT2D eigenvalue weighted by Gasteiger charge is 2.33. The molecule has 0 aliphatic carbocycles. The Morgan fingerprint density at radius 1 is 0.962 bits per heavy atom. The van der Waals surface area contributed by atoms with E-state index in [2.05, 4.69) is 4.98 Å². The van der Waals surface area contributed by atoms with Gasteiger partial charge in [0, 0.05) is 17.8 Å². The predicted octanol–water partition coefficient (Wildman–Crippen LogP) is 2.37. The average molecular weight is 350 g/mol. The molecule has 6 nitrogen and oxygen atoms in total. The third-order valence-corrected chi connectivity index (χ3v) is 4.39. The maximum atomic E-state index is 12.1. The fourth-order valence-electron chi connectivity index (χ4n) is 3.15. The van der Waals surface area contributed by atoms with E-state index in [-0.39, 0.29) is 6.10 Å². The van der Waals surface area contributed by atoms with Gasteiger partial charge >= 0.3 is 5.69 Å². The fourth-order valence-corrected chi connectivity index (χ4v) is 3.15. The van der Waals surface area contributed by atoms with Crippen molar-refractivity contribution in [2.75, 3.05) is 6.61 Å². The largest absolute Gasteiger partial charge is 0.374 e. The van der Waals surface area contributed by atoms with Crippen molar-refractivity contribution in [3.8, 4) is 0 Å². The Morgan fingerprint density at radius 3 is 2.46 bits per heavy atom. The zero-order valence-electron chi connectivity index (χ0n) is 14.0. The van der Waals surface area contributed by atoms with E-state index in [4.69, 9.17) is 9.47 Å². The number of H-pyrrole nitrogens is 1. The smallest absolute Gasteiger partial charge is 0.330 e. The number of nitrogens with one attached hydrogen (secondary N) is 1. The monoisotopic (exact) mass is 350 g/mol. The minimum Gasteiger partial charge on any atom is -0.374 e. The minimum atomic E-state index is -0.583. The molecule has 0 saturated heterocycles. The molecule has 1 N–H and O–H groups in total. The lowest BCUT2D eigenvalue weighted by atomic mass is 10.0. The van der Waals surface area contributed by atoms with E-state index in [0.29, 0.717) is 13.2 Å². The van der Waals surface area contributed by atoms with E-state index in [0.717, 1.165) is 16.7 Å². The molecular formula is C20H18N2O4. The summed E-state index contributed by atoms with van der Waals surface area (Å²) in [6.45, 7) is 0.868. The molecule has 2 heterocycles. The van der Waals surface area contributed by atoms with Crippen LogP contribution in [0.3, 0.4) is 0 Å². The zero-order chi connectivity index (χ0) is 17.9. The van der Waals surface area contributed by atoms with Crippen LogP contribution in [-0.2, 0) is 16.1 Å². The first-order valence-electron chi connectivity index (χ1n) is 8.40. The van der Waals surface area contributed by atoms with E-state index in [1.807, 2.05) is 54.6 Å². The summed E-state index contributed by atoms with van der Waals surface area (Å²) in [6, 6.07) is 19.0. The van der Waals surface area contributed by atoms with Crippen molar-refractivity contribution in [2.45, 2.75) is 18.9 Å². The summed E-state index contributed by atoms with van der Waals surface area (Å²) in [6.07, 6.45) is 0.593. The normalized spacial score (nSPS) is 18.6. The molecule has 26 heavy (non-hydrogen) atoms. The van der Waals surface area contributed by atoms with Crippen LogP contribution in [-0.4, -0.2) is 16.2 Å². The lowest BCUT2D eigenvalue weighted by molar-refractivity contribution is -0.0561. The van der Waals surface area contributed by atoms with Crippen molar-refractivity contribution in [3.63, 3.8) is 0 Å². The molecule has 2 atom stereocenters. The Bertz CT molecular complexity index is 1010. The van der Waals surface area contributed by atoms with Gasteiger partial charge in [0.25, 0.3) is 5.56 Å². The van der Waals surface area contributed by atoms with Gasteiger partial charge in [-0.3, -0.25) is 14.3 Å². The Labute approximate surface area is 149 Å². The molecule has 4 rings (SSSR count). The minimum absolute atomic E-state index is 0.279. The van der Waals surface area contributed by atoms with Crippen molar-refractivity contribution in [3.05, 3.63) is 104 Å². The molecule has 6 heteroatoms. The van der Waals surface area contributed by atoms with E-state index in [1.165, 1.54) is 16.8 Å². The fraction of sp³-hybridized carbons (Fsp3) is 0.200. The van der Waals surface area contributed by atoms with E-state index < -0.39 is 17.5 Å². The molecule has 0 bridgehead atoms. The van der Waals surface area contributed by atoms with Crippen LogP contribution in [0.5, 0.6) is 0 Å². The van der Waals surface area contributed by atoms with Gasteiger partial charge in [0.1, 0.15) is 6.10 Å². The standard InChI is InChI=1S/C20H18N2O4/c23-18-10-11-22(20(24)21-18)19-16-9-5-4-8-15(16)17(26-19)13-25-12-14-6-2-1-3-7-14/h1-11,17,19H,12-13H2,(H,21,23,24)/t17-,19+/m1/s1. The molecule has 1 aliphatic heterocycles. The Balaban J connectivity index is 1.54. The number of aromatic amines is 1. The van der Waals surface area contributed by atoms with E-state index in [1.54, 1.807) is 0 Å². The maximum absolute atomic E-state index is 12.1. The van der Waals surface area contributed by atoms with Crippen LogP contribution in [0.2, 0.25) is 0 Å². The third-order valence-electron chi connectivity index (χ3n) is 4.39. The summed E-state index contributed by atoms with van der Waals surface area (Å²) in [5, 5.41) is 0. The molecule has 132 valence electrons. The topological polar surface area (TPSA) is 73.3 Å². The van der Waals surface area contributed by atoms with Crippen LogP contribution in [0.15, 0.2) is 76.4 Å². The highest BCUT2D eigenvalue weighted by molar-refractivity contribution is 5.34. The number of ether oxygens (including phenoxy) is 2. The number of aromatic nitrogens is 2. The average Bonchev–Trinajstić information content (AvgIpc) is 3.01. The zero-order valence-corrected chi connectivity index (χ0v) is 14.0. The maximum Gasteiger partial charge on any atom is 0.330 e. The number of rotatable bonds is 5. The van der Waals surface area contributed by atoms with Gasteiger partial charge in [0.05, 0.1) is 13.2 Å². The van der Waals surface area contributed by atoms with Crippen LogP contribution >= 0.6 is 0 Å². The molecular weight excluding hydrogens is 332 g/mol. The highest BCUT2D eigenvalue weighted by Crippen LogP contribution is 2.39. The summed E-state index contributed by atoms with van der Waals surface area (Å²) >= 11 is 0. The number of benzene rings is 2. The molecule has 2 aromatic carbocycles. The Kier molecular flexibility index (Phi) is 4.51.